The molecule has 1 aromatic carbocycles. The maximum atomic E-state index is 12.6. The molecule has 0 aliphatic rings. The Kier molecular flexibility index (Phi) is 6.25. The summed E-state index contributed by atoms with van der Waals surface area (Å²) in [5.74, 6) is 0.233. The minimum absolute atomic E-state index is 0.0739. The zero-order chi connectivity index (χ0) is 18.4. The Hall–Kier alpha value is -2.73. The summed E-state index contributed by atoms with van der Waals surface area (Å²) >= 11 is 0. The number of amides is 2. The summed E-state index contributed by atoms with van der Waals surface area (Å²) in [4.78, 5) is 32.2. The average Bonchev–Trinajstić information content (AvgIpc) is 2.60. The molecule has 6 heteroatoms. The summed E-state index contributed by atoms with van der Waals surface area (Å²) in [6.07, 6.45) is 1.65. The van der Waals surface area contributed by atoms with Crippen LogP contribution < -0.4 is 10.2 Å². The van der Waals surface area contributed by atoms with E-state index in [4.69, 9.17) is 0 Å². The molecule has 2 rings (SSSR count). The smallest absolute Gasteiger partial charge is 0.243 e. The number of benzene rings is 1. The van der Waals surface area contributed by atoms with E-state index < -0.39 is 6.04 Å². The Bertz CT molecular complexity index is 733. The van der Waals surface area contributed by atoms with Crippen LogP contribution in [0.5, 0.6) is 0 Å². The van der Waals surface area contributed by atoms with Gasteiger partial charge in [-0.3, -0.25) is 14.5 Å². The molecule has 0 aliphatic heterocycles. The lowest BCUT2D eigenvalue weighted by molar-refractivity contribution is -0.124. The molecule has 0 aliphatic carbocycles. The highest BCUT2D eigenvalue weighted by molar-refractivity contribution is 5.97. The molecule has 1 heterocycles. The van der Waals surface area contributed by atoms with Crippen molar-refractivity contribution in [3.8, 4) is 0 Å². The summed E-state index contributed by atoms with van der Waals surface area (Å²) in [5, 5.41) is 2.75. The first kappa shape index (κ1) is 18.6. The van der Waals surface area contributed by atoms with E-state index in [1.54, 1.807) is 43.1 Å². The van der Waals surface area contributed by atoms with Crippen LogP contribution in [0.15, 0.2) is 48.7 Å². The van der Waals surface area contributed by atoms with Crippen molar-refractivity contribution in [1.82, 2.24) is 9.88 Å². The number of nitrogens with one attached hydrogen (secondary N) is 1. The topological polar surface area (TPSA) is 65.5 Å². The summed E-state index contributed by atoms with van der Waals surface area (Å²) in [6, 6.07) is 12.7. The molecule has 1 atom stereocenters. The van der Waals surface area contributed by atoms with Gasteiger partial charge in [0.25, 0.3) is 0 Å². The van der Waals surface area contributed by atoms with E-state index in [2.05, 4.69) is 10.3 Å². The second kappa shape index (κ2) is 8.39. The van der Waals surface area contributed by atoms with Gasteiger partial charge in [0, 0.05) is 18.9 Å². The highest BCUT2D eigenvalue weighted by Crippen LogP contribution is 2.14. The summed E-state index contributed by atoms with van der Waals surface area (Å²) in [7, 11) is 3.49. The Morgan fingerprint density at radius 3 is 2.48 bits per heavy atom. The van der Waals surface area contributed by atoms with Crippen LogP contribution in [0.3, 0.4) is 0 Å². The van der Waals surface area contributed by atoms with Crippen LogP contribution in [0, 0.1) is 6.92 Å². The van der Waals surface area contributed by atoms with E-state index in [1.165, 1.54) is 0 Å². The zero-order valence-electron chi connectivity index (χ0n) is 15.1. The lowest BCUT2D eigenvalue weighted by Crippen LogP contribution is -2.46. The molecular weight excluding hydrogens is 316 g/mol. The normalized spacial score (nSPS) is 11.9. The number of rotatable bonds is 6. The van der Waals surface area contributed by atoms with Gasteiger partial charge in [0.05, 0.1) is 12.6 Å². The molecule has 0 saturated heterocycles. The average molecular weight is 340 g/mol. The monoisotopic (exact) mass is 340 g/mol. The summed E-state index contributed by atoms with van der Waals surface area (Å²) in [6.45, 7) is 3.83. The zero-order valence-corrected chi connectivity index (χ0v) is 15.1. The molecule has 25 heavy (non-hydrogen) atoms. The van der Waals surface area contributed by atoms with E-state index in [9.17, 15) is 9.59 Å². The van der Waals surface area contributed by atoms with Crippen LogP contribution in [-0.2, 0) is 9.59 Å². The number of para-hydroxylation sites is 1. The SMILES string of the molecule is Cc1ccnc(NC(=O)CN(C)C(C)C(=O)N(C)c2ccccc2)c1. The van der Waals surface area contributed by atoms with Crippen LogP contribution in [0.1, 0.15) is 12.5 Å². The molecule has 2 amide bonds. The van der Waals surface area contributed by atoms with Gasteiger partial charge in [0.2, 0.25) is 11.8 Å². The number of carbonyl (C=O) groups is 2. The van der Waals surface area contributed by atoms with Crippen LogP contribution in [0.25, 0.3) is 0 Å². The predicted molar refractivity (Wildman–Crippen MR) is 99.5 cm³/mol. The van der Waals surface area contributed by atoms with Crippen LogP contribution in [0.4, 0.5) is 11.5 Å². The molecule has 1 N–H and O–H groups in total. The summed E-state index contributed by atoms with van der Waals surface area (Å²) < 4.78 is 0. The van der Waals surface area contributed by atoms with Crippen molar-refractivity contribution in [2.24, 2.45) is 0 Å². The molecule has 1 unspecified atom stereocenters. The van der Waals surface area contributed by atoms with Crippen LogP contribution >= 0.6 is 0 Å². The fraction of sp³-hybridized carbons (Fsp3) is 0.316. The number of nitrogens with zero attached hydrogens (tertiary/aromatic N) is 3. The first-order chi connectivity index (χ1) is 11.9. The number of aromatic nitrogens is 1. The molecule has 132 valence electrons. The highest BCUT2D eigenvalue weighted by atomic mass is 16.2. The van der Waals surface area contributed by atoms with E-state index in [0.717, 1.165) is 11.3 Å². The van der Waals surface area contributed by atoms with E-state index in [-0.39, 0.29) is 18.4 Å². The molecule has 0 fully saturated rings. The fourth-order valence-electron chi connectivity index (χ4n) is 2.40. The van der Waals surface area contributed by atoms with Crippen molar-refractivity contribution >= 4 is 23.3 Å². The maximum absolute atomic E-state index is 12.6. The first-order valence-electron chi connectivity index (χ1n) is 8.14. The van der Waals surface area contributed by atoms with Gasteiger partial charge in [-0.1, -0.05) is 18.2 Å². The number of pyridine rings is 1. The van der Waals surface area contributed by atoms with Crippen molar-refractivity contribution in [1.29, 1.82) is 0 Å². The molecule has 0 spiro atoms. The third-order valence-electron chi connectivity index (χ3n) is 4.07. The van der Waals surface area contributed by atoms with E-state index in [0.29, 0.717) is 5.82 Å². The third kappa shape index (κ3) is 5.12. The van der Waals surface area contributed by atoms with Crippen molar-refractivity contribution in [3.63, 3.8) is 0 Å². The van der Waals surface area contributed by atoms with Gasteiger partial charge in [0.1, 0.15) is 5.82 Å². The molecule has 0 radical (unpaired) electrons. The Morgan fingerprint density at radius 1 is 1.16 bits per heavy atom. The van der Waals surface area contributed by atoms with Gasteiger partial charge in [-0.15, -0.1) is 0 Å². The van der Waals surface area contributed by atoms with E-state index >= 15 is 0 Å². The first-order valence-corrected chi connectivity index (χ1v) is 8.14. The fourth-order valence-corrected chi connectivity index (χ4v) is 2.40. The van der Waals surface area contributed by atoms with Gasteiger partial charge in [-0.2, -0.15) is 0 Å². The quantitative estimate of drug-likeness (QED) is 0.876. The predicted octanol–water partition coefficient (Wildman–Crippen LogP) is 2.31. The van der Waals surface area contributed by atoms with Gasteiger partial charge in [0.15, 0.2) is 0 Å². The summed E-state index contributed by atoms with van der Waals surface area (Å²) in [5.41, 5.74) is 1.84. The number of hydrogen-bond donors (Lipinski definition) is 1. The third-order valence-corrected chi connectivity index (χ3v) is 4.07. The van der Waals surface area contributed by atoms with Crippen LogP contribution in [0.2, 0.25) is 0 Å². The van der Waals surface area contributed by atoms with Gasteiger partial charge >= 0.3 is 0 Å². The molecule has 2 aromatic rings. The van der Waals surface area contributed by atoms with Crippen molar-refractivity contribution < 1.29 is 9.59 Å². The number of anilines is 2. The largest absolute Gasteiger partial charge is 0.314 e. The lowest BCUT2D eigenvalue weighted by Gasteiger charge is -2.27. The molecule has 0 bridgehead atoms. The van der Waals surface area contributed by atoms with Crippen molar-refractivity contribution in [3.05, 3.63) is 54.2 Å². The van der Waals surface area contributed by atoms with Gasteiger partial charge in [-0.05, 0) is 50.7 Å². The minimum atomic E-state index is -0.429. The number of hydrogen-bond acceptors (Lipinski definition) is 4. The van der Waals surface area contributed by atoms with Crippen LogP contribution in [-0.4, -0.2) is 48.4 Å². The van der Waals surface area contributed by atoms with Gasteiger partial charge < -0.3 is 10.2 Å². The van der Waals surface area contributed by atoms with Crippen molar-refractivity contribution in [2.45, 2.75) is 19.9 Å². The second-order valence-electron chi connectivity index (χ2n) is 6.09. The Labute approximate surface area is 148 Å². The second-order valence-corrected chi connectivity index (χ2v) is 6.09. The molecule has 6 nitrogen and oxygen atoms in total. The molecule has 1 aromatic heterocycles. The Morgan fingerprint density at radius 2 is 1.84 bits per heavy atom. The number of carbonyl (C=O) groups excluding carboxylic acids is 2. The maximum Gasteiger partial charge on any atom is 0.243 e. The number of likely N-dealkylation sites (N-methyl/N-ethyl adjacent to an activating group) is 2. The molecule has 0 saturated carbocycles. The molecular formula is C19H24N4O2. The van der Waals surface area contributed by atoms with E-state index in [1.807, 2.05) is 43.3 Å². The standard InChI is InChI=1S/C19H24N4O2/c1-14-10-11-20-17(12-14)21-18(24)13-22(3)15(2)19(25)23(4)16-8-6-5-7-9-16/h5-12,15H,13H2,1-4H3,(H,20,21,24). The Balaban J connectivity index is 1.93. The minimum Gasteiger partial charge on any atom is -0.314 e. The highest BCUT2D eigenvalue weighted by Gasteiger charge is 2.24. The van der Waals surface area contributed by atoms with Gasteiger partial charge in [-0.25, -0.2) is 4.98 Å². The van der Waals surface area contributed by atoms with Crippen molar-refractivity contribution in [2.75, 3.05) is 30.9 Å². The number of aryl methyl sites for hydroxylation is 1. The lowest BCUT2D eigenvalue weighted by atomic mass is 10.2.